The fourth-order valence-electron chi connectivity index (χ4n) is 4.41. The van der Waals surface area contributed by atoms with E-state index in [1.165, 1.54) is 5.56 Å². The Balaban J connectivity index is 0.00000144. The van der Waals surface area contributed by atoms with Crippen molar-refractivity contribution in [2.24, 2.45) is 16.6 Å². The van der Waals surface area contributed by atoms with Gasteiger partial charge in [-0.15, -0.1) is 0 Å². The van der Waals surface area contributed by atoms with Gasteiger partial charge in [-0.2, -0.15) is 0 Å². The van der Waals surface area contributed by atoms with E-state index in [1.807, 2.05) is 67.3 Å². The summed E-state index contributed by atoms with van der Waals surface area (Å²) in [6, 6.07) is 17.6. The number of nitrogens with zero attached hydrogens (tertiary/aromatic N) is 2. The summed E-state index contributed by atoms with van der Waals surface area (Å²) >= 11 is 6.27. The predicted molar refractivity (Wildman–Crippen MR) is 178 cm³/mol. The molecule has 0 amide bonds. The van der Waals surface area contributed by atoms with Gasteiger partial charge in [0.1, 0.15) is 11.7 Å². The van der Waals surface area contributed by atoms with Crippen molar-refractivity contribution in [2.45, 2.75) is 66.3 Å². The third kappa shape index (κ3) is 11.5. The summed E-state index contributed by atoms with van der Waals surface area (Å²) in [6.45, 7) is 15.8. The first-order valence-electron chi connectivity index (χ1n) is 14.7. The van der Waals surface area contributed by atoms with E-state index in [-0.39, 0.29) is 18.0 Å². The van der Waals surface area contributed by atoms with Crippen molar-refractivity contribution < 1.29 is 8.78 Å². The van der Waals surface area contributed by atoms with Crippen molar-refractivity contribution in [3.8, 4) is 0 Å². The second kappa shape index (κ2) is 18.3. The normalized spacial score (nSPS) is 14.7. The number of halogens is 3. The number of nitrogens with two attached hydrogens (primary N) is 1. The van der Waals surface area contributed by atoms with Crippen molar-refractivity contribution in [2.75, 3.05) is 13.1 Å². The first-order chi connectivity index (χ1) is 20.1. The number of benzene rings is 2. The van der Waals surface area contributed by atoms with Gasteiger partial charge in [-0.3, -0.25) is 4.99 Å². The molecule has 1 aliphatic rings. The molecular formula is C36H46ClF2N3. The molecule has 2 N–H and O–H groups in total. The van der Waals surface area contributed by atoms with E-state index in [0.717, 1.165) is 35.4 Å². The molecule has 3 nitrogen and oxygen atoms in total. The highest BCUT2D eigenvalue weighted by molar-refractivity contribution is 6.30. The Morgan fingerprint density at radius 1 is 1.10 bits per heavy atom. The fraction of sp³-hybridized carbons (Fsp3) is 0.361. The third-order valence-corrected chi connectivity index (χ3v) is 6.75. The van der Waals surface area contributed by atoms with Crippen molar-refractivity contribution >= 4 is 23.0 Å². The standard InChI is InChI=1S/C32H36ClF2N3.C4H10/c1-4-31(26-13-8-14-27(33)21-26)37-32(18-17-25-11-6-5-7-12-25)24(3)38(20-10-19-36)23(2)29-16-9-15-28(34)22-30(29)35;1-4(2)3/h4-9,11-14,16,21-22,24H,2,10,15,17-20,36H2,1,3H3;4H,1-3H3/b31-4-,37-32?;. The van der Waals surface area contributed by atoms with Crippen molar-refractivity contribution in [3.05, 3.63) is 125 Å². The number of hydrogen-bond donors (Lipinski definition) is 1. The number of aliphatic imine (C=N–C) groups is 1. The van der Waals surface area contributed by atoms with Gasteiger partial charge in [0, 0.05) is 46.6 Å². The molecule has 226 valence electrons. The molecule has 0 radical (unpaired) electrons. The van der Waals surface area contributed by atoms with E-state index in [9.17, 15) is 8.78 Å². The number of rotatable bonds is 12. The fourth-order valence-corrected chi connectivity index (χ4v) is 4.60. The second-order valence-corrected chi connectivity index (χ2v) is 11.4. The average molecular weight is 594 g/mol. The molecule has 0 saturated heterocycles. The predicted octanol–water partition coefficient (Wildman–Crippen LogP) is 10.0. The monoisotopic (exact) mass is 593 g/mol. The summed E-state index contributed by atoms with van der Waals surface area (Å²) in [6.07, 6.45) is 8.33. The van der Waals surface area contributed by atoms with Crippen LogP contribution in [0.25, 0.3) is 5.70 Å². The summed E-state index contributed by atoms with van der Waals surface area (Å²) < 4.78 is 28.9. The van der Waals surface area contributed by atoms with Crippen LogP contribution in [-0.2, 0) is 6.42 Å². The maximum Gasteiger partial charge on any atom is 0.135 e. The molecule has 3 rings (SSSR count). The minimum atomic E-state index is -0.637. The molecule has 1 aliphatic carbocycles. The van der Waals surface area contributed by atoms with E-state index in [4.69, 9.17) is 22.3 Å². The molecule has 6 heteroatoms. The van der Waals surface area contributed by atoms with Gasteiger partial charge in [0.05, 0.1) is 11.7 Å². The molecule has 0 aliphatic heterocycles. The minimum absolute atomic E-state index is 0.0522. The molecular weight excluding hydrogens is 548 g/mol. The molecule has 0 fully saturated rings. The molecule has 0 aromatic heterocycles. The molecule has 0 heterocycles. The molecule has 2 aromatic carbocycles. The zero-order valence-electron chi connectivity index (χ0n) is 25.7. The number of hydrogen-bond acceptors (Lipinski definition) is 3. The van der Waals surface area contributed by atoms with Gasteiger partial charge in [0.2, 0.25) is 0 Å². The maximum absolute atomic E-state index is 15.0. The Bertz CT molecular complexity index is 1300. The van der Waals surface area contributed by atoms with Crippen molar-refractivity contribution in [3.63, 3.8) is 0 Å². The highest BCUT2D eigenvalue weighted by Gasteiger charge is 2.24. The Hall–Kier alpha value is -3.28. The van der Waals surface area contributed by atoms with Crippen LogP contribution in [0.4, 0.5) is 8.78 Å². The van der Waals surface area contributed by atoms with Gasteiger partial charge in [-0.25, -0.2) is 8.78 Å². The van der Waals surface area contributed by atoms with Crippen LogP contribution in [0.1, 0.15) is 65.0 Å². The van der Waals surface area contributed by atoms with Gasteiger partial charge >= 0.3 is 0 Å². The highest BCUT2D eigenvalue weighted by atomic mass is 35.5. The lowest BCUT2D eigenvalue weighted by atomic mass is 9.99. The second-order valence-electron chi connectivity index (χ2n) is 10.9. The first kappa shape index (κ1) is 34.9. The van der Waals surface area contributed by atoms with Gasteiger partial charge in [0.25, 0.3) is 0 Å². The van der Waals surface area contributed by atoms with Gasteiger partial charge in [-0.05, 0) is 63.3 Å². The Morgan fingerprint density at radius 3 is 2.40 bits per heavy atom. The zero-order chi connectivity index (χ0) is 31.1. The van der Waals surface area contributed by atoms with Gasteiger partial charge in [-0.1, -0.05) is 99.6 Å². The first-order valence-corrected chi connectivity index (χ1v) is 15.1. The Morgan fingerprint density at radius 2 is 1.79 bits per heavy atom. The topological polar surface area (TPSA) is 41.6 Å². The maximum atomic E-state index is 15.0. The Kier molecular flexibility index (Phi) is 15.2. The van der Waals surface area contributed by atoms with E-state index >= 15 is 0 Å². The van der Waals surface area contributed by atoms with Crippen LogP contribution < -0.4 is 5.73 Å². The third-order valence-electron chi connectivity index (χ3n) is 6.52. The summed E-state index contributed by atoms with van der Waals surface area (Å²) in [4.78, 5) is 7.16. The molecule has 0 bridgehead atoms. The van der Waals surface area contributed by atoms with Crippen LogP contribution in [0.15, 0.2) is 113 Å². The lowest BCUT2D eigenvalue weighted by Crippen LogP contribution is -2.40. The van der Waals surface area contributed by atoms with E-state index in [0.29, 0.717) is 36.7 Å². The molecule has 2 aromatic rings. The molecule has 1 unspecified atom stereocenters. The van der Waals surface area contributed by atoms with Crippen LogP contribution in [0.3, 0.4) is 0 Å². The number of allylic oxidation sites excluding steroid dienone is 6. The summed E-state index contributed by atoms with van der Waals surface area (Å²) in [7, 11) is 0. The van der Waals surface area contributed by atoms with Crippen molar-refractivity contribution in [1.29, 1.82) is 0 Å². The summed E-state index contributed by atoms with van der Waals surface area (Å²) in [5, 5.41) is 0.636. The number of aryl methyl sites for hydroxylation is 1. The molecule has 42 heavy (non-hydrogen) atoms. The molecule has 0 saturated carbocycles. The zero-order valence-corrected chi connectivity index (χ0v) is 26.5. The SMILES string of the molecule is C=C(C1=C(F)C=C(F)CC=C1)N(CCCN)C(C)C(CCc1ccccc1)=N/C(=C\C)c1cccc(Cl)c1.CC(C)C. The Labute approximate surface area is 256 Å². The molecule has 1 atom stereocenters. The summed E-state index contributed by atoms with van der Waals surface area (Å²) in [5.74, 6) is -0.325. The smallest absolute Gasteiger partial charge is 0.135 e. The van der Waals surface area contributed by atoms with Crippen LogP contribution >= 0.6 is 11.6 Å². The van der Waals surface area contributed by atoms with Crippen LogP contribution in [0, 0.1) is 5.92 Å². The minimum Gasteiger partial charge on any atom is -0.363 e. The van der Waals surface area contributed by atoms with Crippen LogP contribution in [0.5, 0.6) is 0 Å². The average Bonchev–Trinajstić information content (AvgIpc) is 3.12. The van der Waals surface area contributed by atoms with E-state index in [1.54, 1.807) is 12.2 Å². The van der Waals surface area contributed by atoms with E-state index < -0.39 is 11.7 Å². The lowest BCUT2D eigenvalue weighted by molar-refractivity contribution is 0.322. The van der Waals surface area contributed by atoms with Gasteiger partial charge < -0.3 is 10.6 Å². The van der Waals surface area contributed by atoms with Crippen LogP contribution in [-0.4, -0.2) is 29.7 Å². The largest absolute Gasteiger partial charge is 0.363 e. The van der Waals surface area contributed by atoms with Crippen molar-refractivity contribution in [1.82, 2.24) is 4.90 Å². The molecule has 0 spiro atoms. The quantitative estimate of drug-likeness (QED) is 0.249. The van der Waals surface area contributed by atoms with Crippen LogP contribution in [0.2, 0.25) is 5.02 Å². The van der Waals surface area contributed by atoms with Gasteiger partial charge in [0.15, 0.2) is 0 Å². The lowest BCUT2D eigenvalue weighted by Gasteiger charge is -2.34. The highest BCUT2D eigenvalue weighted by Crippen LogP contribution is 2.29. The summed E-state index contributed by atoms with van der Waals surface area (Å²) in [5.41, 5.74) is 10.4. The van der Waals surface area contributed by atoms with E-state index in [2.05, 4.69) is 39.5 Å².